The van der Waals surface area contributed by atoms with Crippen molar-refractivity contribution in [3.8, 4) is 0 Å². The number of benzene rings is 1. The minimum absolute atomic E-state index is 0.335. The minimum Gasteiger partial charge on any atom is -0.456 e. The van der Waals surface area contributed by atoms with E-state index in [0.717, 1.165) is 0 Å². The van der Waals surface area contributed by atoms with Gasteiger partial charge in [0, 0.05) is 8.95 Å². The molecule has 0 aromatic heterocycles. The third-order valence-corrected chi connectivity index (χ3v) is 3.53. The summed E-state index contributed by atoms with van der Waals surface area (Å²) in [7, 11) is 0. The van der Waals surface area contributed by atoms with Crippen molar-refractivity contribution in [1.29, 1.82) is 0 Å². The van der Waals surface area contributed by atoms with E-state index < -0.39 is 23.1 Å². The zero-order valence-electron chi connectivity index (χ0n) is 13.5. The van der Waals surface area contributed by atoms with Crippen molar-refractivity contribution < 1.29 is 19.1 Å². The Morgan fingerprint density at radius 3 is 1.55 bits per heavy atom. The van der Waals surface area contributed by atoms with Crippen LogP contribution in [0.3, 0.4) is 0 Å². The van der Waals surface area contributed by atoms with Crippen LogP contribution in [0.4, 0.5) is 0 Å². The van der Waals surface area contributed by atoms with Gasteiger partial charge in [0.15, 0.2) is 0 Å². The SMILES string of the molecule is CC(C)(C)OC(=O)c1cc(Br)c(C(=O)OC(C)(C)C)c(Br)c1. The van der Waals surface area contributed by atoms with Crippen molar-refractivity contribution in [3.05, 3.63) is 32.2 Å². The molecule has 4 nitrogen and oxygen atoms in total. The van der Waals surface area contributed by atoms with E-state index >= 15 is 0 Å². The average molecular weight is 436 g/mol. The third kappa shape index (κ3) is 5.72. The van der Waals surface area contributed by atoms with Gasteiger partial charge in [0.2, 0.25) is 0 Å². The van der Waals surface area contributed by atoms with E-state index in [1.165, 1.54) is 0 Å². The van der Waals surface area contributed by atoms with E-state index in [9.17, 15) is 9.59 Å². The van der Waals surface area contributed by atoms with Crippen LogP contribution >= 0.6 is 31.9 Å². The highest BCUT2D eigenvalue weighted by atomic mass is 79.9. The van der Waals surface area contributed by atoms with E-state index in [0.29, 0.717) is 20.1 Å². The summed E-state index contributed by atoms with van der Waals surface area (Å²) in [4.78, 5) is 24.3. The molecule has 1 aromatic rings. The van der Waals surface area contributed by atoms with Gasteiger partial charge in [0.1, 0.15) is 11.2 Å². The van der Waals surface area contributed by atoms with Crippen molar-refractivity contribution in [2.75, 3.05) is 0 Å². The zero-order chi connectivity index (χ0) is 17.3. The predicted octanol–water partition coefficient (Wildman–Crippen LogP) is 5.12. The summed E-state index contributed by atoms with van der Waals surface area (Å²) in [5, 5.41) is 0. The van der Waals surface area contributed by atoms with Gasteiger partial charge in [-0.2, -0.15) is 0 Å². The zero-order valence-corrected chi connectivity index (χ0v) is 16.7. The Labute approximate surface area is 147 Å². The lowest BCUT2D eigenvalue weighted by molar-refractivity contribution is 0.00500. The molecule has 0 amide bonds. The van der Waals surface area contributed by atoms with Crippen LogP contribution in [0.1, 0.15) is 62.3 Å². The molecule has 0 bridgehead atoms. The van der Waals surface area contributed by atoms with Crippen LogP contribution in [-0.2, 0) is 9.47 Å². The molecule has 22 heavy (non-hydrogen) atoms. The lowest BCUT2D eigenvalue weighted by atomic mass is 10.1. The van der Waals surface area contributed by atoms with Crippen LogP contribution < -0.4 is 0 Å². The molecule has 122 valence electrons. The van der Waals surface area contributed by atoms with Crippen molar-refractivity contribution in [1.82, 2.24) is 0 Å². The number of carbonyl (C=O) groups is 2. The maximum absolute atomic E-state index is 12.2. The van der Waals surface area contributed by atoms with Crippen LogP contribution in [0.15, 0.2) is 21.1 Å². The molecule has 0 N–H and O–H groups in total. The van der Waals surface area contributed by atoms with Gasteiger partial charge in [-0.15, -0.1) is 0 Å². The second kappa shape index (κ2) is 6.71. The quantitative estimate of drug-likeness (QED) is 0.604. The van der Waals surface area contributed by atoms with E-state index in [-0.39, 0.29) is 0 Å². The summed E-state index contributed by atoms with van der Waals surface area (Å²) in [6.07, 6.45) is 0. The van der Waals surface area contributed by atoms with E-state index in [2.05, 4.69) is 31.9 Å². The number of hydrogen-bond donors (Lipinski definition) is 0. The van der Waals surface area contributed by atoms with Crippen molar-refractivity contribution in [2.45, 2.75) is 52.7 Å². The highest BCUT2D eigenvalue weighted by Crippen LogP contribution is 2.30. The first kappa shape index (κ1) is 19.2. The Hall–Kier alpha value is -0.880. The van der Waals surface area contributed by atoms with Gasteiger partial charge >= 0.3 is 11.9 Å². The Morgan fingerprint density at radius 2 is 1.18 bits per heavy atom. The summed E-state index contributed by atoms with van der Waals surface area (Å²) < 4.78 is 11.6. The number of ether oxygens (including phenoxy) is 2. The predicted molar refractivity (Wildman–Crippen MR) is 92.2 cm³/mol. The molecule has 0 saturated heterocycles. The smallest absolute Gasteiger partial charge is 0.340 e. The largest absolute Gasteiger partial charge is 0.456 e. The summed E-state index contributed by atoms with van der Waals surface area (Å²) in [5.74, 6) is -0.924. The fourth-order valence-corrected chi connectivity index (χ4v) is 3.06. The molecule has 0 fully saturated rings. The van der Waals surface area contributed by atoms with Gasteiger partial charge in [-0.1, -0.05) is 0 Å². The average Bonchev–Trinajstić information content (AvgIpc) is 2.22. The lowest BCUT2D eigenvalue weighted by Gasteiger charge is -2.21. The first-order valence-corrected chi connectivity index (χ1v) is 8.34. The van der Waals surface area contributed by atoms with Crippen molar-refractivity contribution in [3.63, 3.8) is 0 Å². The topological polar surface area (TPSA) is 52.6 Å². The number of hydrogen-bond acceptors (Lipinski definition) is 4. The van der Waals surface area contributed by atoms with Crippen molar-refractivity contribution >= 4 is 43.8 Å². The van der Waals surface area contributed by atoms with E-state index in [4.69, 9.17) is 9.47 Å². The molecule has 1 rings (SSSR count). The minimum atomic E-state index is -0.597. The lowest BCUT2D eigenvalue weighted by Crippen LogP contribution is -2.25. The molecule has 0 aliphatic heterocycles. The third-order valence-electron chi connectivity index (χ3n) is 2.28. The highest BCUT2D eigenvalue weighted by Gasteiger charge is 2.25. The van der Waals surface area contributed by atoms with Crippen LogP contribution in [0.25, 0.3) is 0 Å². The summed E-state index contributed by atoms with van der Waals surface area (Å²) in [6, 6.07) is 3.11. The number of esters is 2. The monoisotopic (exact) mass is 434 g/mol. The normalized spacial score (nSPS) is 12.0. The first-order chi connectivity index (χ1) is 9.80. The standard InChI is InChI=1S/C16H20Br2O4/c1-15(2,3)21-13(19)9-7-10(17)12(11(18)8-9)14(20)22-16(4,5)6/h7-8H,1-6H3. The van der Waals surface area contributed by atoms with Gasteiger partial charge in [-0.25, -0.2) is 9.59 Å². The van der Waals surface area contributed by atoms with Gasteiger partial charge < -0.3 is 9.47 Å². The molecule has 0 atom stereocenters. The fraction of sp³-hybridized carbons (Fsp3) is 0.500. The Bertz CT molecular complexity index is 572. The summed E-state index contributed by atoms with van der Waals surface area (Å²) in [5.41, 5.74) is -0.497. The van der Waals surface area contributed by atoms with E-state index in [1.807, 2.05) is 0 Å². The number of halogens is 2. The molecule has 0 saturated carbocycles. The Balaban J connectivity index is 3.13. The van der Waals surface area contributed by atoms with E-state index in [1.54, 1.807) is 53.7 Å². The van der Waals surface area contributed by atoms with Gasteiger partial charge in [0.25, 0.3) is 0 Å². The molecular weight excluding hydrogens is 416 g/mol. The second-order valence-electron chi connectivity index (χ2n) is 6.82. The number of carbonyl (C=O) groups excluding carboxylic acids is 2. The molecule has 0 radical (unpaired) electrons. The molecule has 0 unspecified atom stereocenters. The maximum atomic E-state index is 12.2. The summed E-state index contributed by atoms with van der Waals surface area (Å²) >= 11 is 6.63. The fourth-order valence-electron chi connectivity index (χ4n) is 1.55. The van der Waals surface area contributed by atoms with Crippen LogP contribution in [0.2, 0.25) is 0 Å². The molecular formula is C16H20Br2O4. The first-order valence-electron chi connectivity index (χ1n) is 6.76. The van der Waals surface area contributed by atoms with Crippen LogP contribution in [0, 0.1) is 0 Å². The van der Waals surface area contributed by atoms with Crippen LogP contribution in [-0.4, -0.2) is 23.1 Å². The molecule has 6 heteroatoms. The second-order valence-corrected chi connectivity index (χ2v) is 8.53. The highest BCUT2D eigenvalue weighted by molar-refractivity contribution is 9.11. The molecule has 0 heterocycles. The van der Waals surface area contributed by atoms with Gasteiger partial charge in [-0.3, -0.25) is 0 Å². The Kier molecular flexibility index (Phi) is 5.84. The van der Waals surface area contributed by atoms with Gasteiger partial charge in [0.05, 0.1) is 11.1 Å². The maximum Gasteiger partial charge on any atom is 0.340 e. The molecule has 0 aliphatic carbocycles. The van der Waals surface area contributed by atoms with Crippen molar-refractivity contribution in [2.24, 2.45) is 0 Å². The summed E-state index contributed by atoms with van der Waals surface area (Å²) in [6.45, 7) is 10.8. The number of rotatable bonds is 2. The van der Waals surface area contributed by atoms with Gasteiger partial charge in [-0.05, 0) is 85.5 Å². The van der Waals surface area contributed by atoms with Crippen LogP contribution in [0.5, 0.6) is 0 Å². The molecule has 1 aromatic carbocycles. The molecule has 0 aliphatic rings. The molecule has 0 spiro atoms. The Morgan fingerprint density at radius 1 is 0.818 bits per heavy atom.